The van der Waals surface area contributed by atoms with E-state index in [1.807, 2.05) is 6.92 Å². The second-order valence-electron chi connectivity index (χ2n) is 0.959. The Morgan fingerprint density at radius 3 is 2.50 bits per heavy atom. The molecule has 0 N–H and O–H groups in total. The molecule has 0 heterocycles. The molecule has 0 aliphatic carbocycles. The third kappa shape index (κ3) is 3.61. The lowest BCUT2D eigenvalue weighted by Gasteiger charge is -1.68. The Hall–Kier alpha value is -0.390. The van der Waals surface area contributed by atoms with Crippen molar-refractivity contribution in [3.05, 3.63) is 18.4 Å². The molecular weight excluding hydrogens is 92.1 g/mol. The van der Waals surface area contributed by atoms with E-state index in [-0.39, 0.29) is 0 Å². The molecule has 0 bridgehead atoms. The van der Waals surface area contributed by atoms with Crippen LogP contribution in [0, 0.1) is 0 Å². The second-order valence-corrected chi connectivity index (χ2v) is 1.60. The van der Waals surface area contributed by atoms with Crippen molar-refractivity contribution in [3.8, 4) is 0 Å². The van der Waals surface area contributed by atoms with Gasteiger partial charge in [-0.15, -0.1) is 5.73 Å². The van der Waals surface area contributed by atoms with E-state index >= 15 is 0 Å². The molecule has 6 heavy (non-hydrogen) atoms. The lowest BCUT2D eigenvalue weighted by molar-refractivity contribution is 2.00. The summed E-state index contributed by atoms with van der Waals surface area (Å²) in [4.78, 5) is 0.824. The van der Waals surface area contributed by atoms with Gasteiger partial charge in [-0.05, 0) is 13.0 Å². The van der Waals surface area contributed by atoms with Crippen LogP contribution < -0.4 is 0 Å². The van der Waals surface area contributed by atoms with Gasteiger partial charge in [0.15, 0.2) is 0 Å². The summed E-state index contributed by atoms with van der Waals surface area (Å²) >= 11 is 4.64. The van der Waals surface area contributed by atoms with Crippen molar-refractivity contribution in [2.45, 2.75) is 6.92 Å². The first-order chi connectivity index (χ1) is 2.77. The zero-order chi connectivity index (χ0) is 4.99. The van der Waals surface area contributed by atoms with Crippen molar-refractivity contribution in [1.82, 2.24) is 0 Å². The summed E-state index contributed by atoms with van der Waals surface area (Å²) in [6.07, 6.45) is 1.66. The molecule has 0 spiro atoms. The average molecular weight is 98.2 g/mol. The topological polar surface area (TPSA) is 0 Å². The van der Waals surface area contributed by atoms with E-state index in [0.717, 1.165) is 4.86 Å². The molecule has 0 nitrogen and oxygen atoms in total. The molecule has 0 fully saturated rings. The molecule has 0 rings (SSSR count). The molecule has 0 saturated heterocycles. The summed E-state index contributed by atoms with van der Waals surface area (Å²) in [5, 5.41) is 0. The maximum Gasteiger partial charge on any atom is 0.0197 e. The number of hydrogen-bond donors (Lipinski definition) is 0. The zero-order valence-electron chi connectivity index (χ0n) is 3.69. The number of thiocarbonyl (C=S) groups is 1. The molecule has 0 aromatic carbocycles. The molecule has 0 saturated carbocycles. The normalized spacial score (nSPS) is 6.17. The Morgan fingerprint density at radius 2 is 2.50 bits per heavy atom. The smallest absolute Gasteiger partial charge is 0.0197 e. The highest BCUT2D eigenvalue weighted by Gasteiger charge is 1.66. The van der Waals surface area contributed by atoms with Crippen LogP contribution in [0.5, 0.6) is 0 Å². The van der Waals surface area contributed by atoms with E-state index in [0.29, 0.717) is 0 Å². The maximum absolute atomic E-state index is 4.64. The highest BCUT2D eigenvalue weighted by atomic mass is 32.1. The fourth-order valence-electron chi connectivity index (χ4n) is 0.144. The highest BCUT2D eigenvalue weighted by Crippen LogP contribution is 1.71. The van der Waals surface area contributed by atoms with Crippen molar-refractivity contribution in [3.63, 3.8) is 0 Å². The van der Waals surface area contributed by atoms with Crippen LogP contribution in [0.25, 0.3) is 0 Å². The molecule has 0 aliphatic rings. The second kappa shape index (κ2) is 2.83. The average Bonchev–Trinajstić information content (AvgIpc) is 1.35. The molecule has 1 heteroatoms. The summed E-state index contributed by atoms with van der Waals surface area (Å²) in [5.74, 6) is 0. The van der Waals surface area contributed by atoms with Crippen LogP contribution >= 0.6 is 12.2 Å². The van der Waals surface area contributed by atoms with Gasteiger partial charge < -0.3 is 0 Å². The van der Waals surface area contributed by atoms with Gasteiger partial charge >= 0.3 is 0 Å². The van der Waals surface area contributed by atoms with Gasteiger partial charge in [-0.25, -0.2) is 0 Å². The fourth-order valence-corrected chi connectivity index (χ4v) is 0.227. The molecule has 32 valence electrons. The number of hydrogen-bond acceptors (Lipinski definition) is 1. The first-order valence-corrected chi connectivity index (χ1v) is 2.04. The fraction of sp³-hybridized carbons (Fsp3) is 0.200. The van der Waals surface area contributed by atoms with E-state index < -0.39 is 0 Å². The minimum Gasteiger partial charge on any atom is -0.128 e. The molecular formula is C5H6S. The summed E-state index contributed by atoms with van der Waals surface area (Å²) in [5.41, 5.74) is 2.55. The van der Waals surface area contributed by atoms with Gasteiger partial charge in [0.1, 0.15) is 0 Å². The molecule has 0 aliphatic heterocycles. The first kappa shape index (κ1) is 5.61. The molecule has 0 unspecified atom stereocenters. The van der Waals surface area contributed by atoms with Crippen LogP contribution in [0.2, 0.25) is 0 Å². The van der Waals surface area contributed by atoms with Crippen molar-refractivity contribution >= 4 is 17.1 Å². The third-order valence-electron chi connectivity index (χ3n) is 0.305. The van der Waals surface area contributed by atoms with Crippen LogP contribution in [-0.4, -0.2) is 4.86 Å². The molecule has 0 aromatic rings. The predicted molar refractivity (Wildman–Crippen MR) is 32.0 cm³/mol. The lowest BCUT2D eigenvalue weighted by Crippen LogP contribution is -1.69. The van der Waals surface area contributed by atoms with E-state index in [1.54, 1.807) is 6.08 Å². The Balaban J connectivity index is 3.60. The van der Waals surface area contributed by atoms with Gasteiger partial charge in [-0.2, -0.15) is 0 Å². The Bertz CT molecular complexity index is 96.5. The minimum absolute atomic E-state index is 0.824. The van der Waals surface area contributed by atoms with Crippen LogP contribution in [0.15, 0.2) is 18.4 Å². The van der Waals surface area contributed by atoms with Crippen molar-refractivity contribution in [2.24, 2.45) is 0 Å². The summed E-state index contributed by atoms with van der Waals surface area (Å²) in [6, 6.07) is 0. The number of rotatable bonds is 1. The molecule has 0 atom stereocenters. The van der Waals surface area contributed by atoms with Gasteiger partial charge in [-0.3, -0.25) is 0 Å². The standard InChI is InChI=1S/C5H6S/c1-3-4-5(2)6/h4H,1H2,2H3. The van der Waals surface area contributed by atoms with Gasteiger partial charge in [0.2, 0.25) is 0 Å². The summed E-state index contributed by atoms with van der Waals surface area (Å²) in [7, 11) is 0. The highest BCUT2D eigenvalue weighted by molar-refractivity contribution is 7.80. The Morgan fingerprint density at radius 1 is 2.00 bits per heavy atom. The molecule has 0 amide bonds. The Labute approximate surface area is 43.2 Å². The monoisotopic (exact) mass is 98.0 g/mol. The van der Waals surface area contributed by atoms with Gasteiger partial charge in [0, 0.05) is 4.86 Å². The third-order valence-corrected chi connectivity index (χ3v) is 0.423. The van der Waals surface area contributed by atoms with Gasteiger partial charge in [0.25, 0.3) is 0 Å². The van der Waals surface area contributed by atoms with E-state index in [4.69, 9.17) is 0 Å². The van der Waals surface area contributed by atoms with Crippen LogP contribution in [0.1, 0.15) is 6.92 Å². The quantitative estimate of drug-likeness (QED) is 0.273. The van der Waals surface area contributed by atoms with Crippen molar-refractivity contribution in [1.29, 1.82) is 0 Å². The van der Waals surface area contributed by atoms with Crippen molar-refractivity contribution in [2.75, 3.05) is 0 Å². The SMILES string of the molecule is C=C=CC(C)=S. The summed E-state index contributed by atoms with van der Waals surface area (Å²) < 4.78 is 0. The summed E-state index contributed by atoms with van der Waals surface area (Å²) in [6.45, 7) is 5.16. The predicted octanol–water partition coefficient (Wildman–Crippen LogP) is 1.72. The molecule has 0 aromatic heterocycles. The van der Waals surface area contributed by atoms with Crippen molar-refractivity contribution < 1.29 is 0 Å². The van der Waals surface area contributed by atoms with Crippen LogP contribution in [-0.2, 0) is 0 Å². The molecule has 0 radical (unpaired) electrons. The van der Waals surface area contributed by atoms with Crippen LogP contribution in [0.4, 0.5) is 0 Å². The Kier molecular flexibility index (Phi) is 2.64. The number of allylic oxidation sites excluding steroid dienone is 1. The minimum atomic E-state index is 0.824. The lowest BCUT2D eigenvalue weighted by atomic mass is 10.5. The first-order valence-electron chi connectivity index (χ1n) is 1.64. The maximum atomic E-state index is 4.64. The van der Waals surface area contributed by atoms with Gasteiger partial charge in [-0.1, -0.05) is 18.8 Å². The zero-order valence-corrected chi connectivity index (χ0v) is 4.51. The van der Waals surface area contributed by atoms with E-state index in [2.05, 4.69) is 24.5 Å². The van der Waals surface area contributed by atoms with Gasteiger partial charge in [0.05, 0.1) is 0 Å². The van der Waals surface area contributed by atoms with E-state index in [1.165, 1.54) is 0 Å². The van der Waals surface area contributed by atoms with E-state index in [9.17, 15) is 0 Å². The van der Waals surface area contributed by atoms with Crippen LogP contribution in [0.3, 0.4) is 0 Å². The largest absolute Gasteiger partial charge is 0.128 e.